The maximum absolute atomic E-state index is 6.24. The Hall–Kier alpha value is -0.230. The number of aromatic nitrogens is 2. The second-order valence-electron chi connectivity index (χ2n) is 5.49. The molecular formula is C13H20BrClN4. The largest absolute Gasteiger partial charge is 0.303 e. The number of hydrogen-bond donors (Lipinski definition) is 0. The summed E-state index contributed by atoms with van der Waals surface area (Å²) < 4.78 is 0.819. The van der Waals surface area contributed by atoms with Crippen molar-refractivity contribution in [3.8, 4) is 0 Å². The van der Waals surface area contributed by atoms with Gasteiger partial charge in [0.25, 0.3) is 0 Å². The Morgan fingerprint density at radius 3 is 2.58 bits per heavy atom. The number of nitrogens with zero attached hydrogens (tertiary/aromatic N) is 4. The van der Waals surface area contributed by atoms with E-state index in [1.54, 1.807) is 0 Å². The second kappa shape index (κ2) is 6.04. The molecule has 1 aromatic heterocycles. The second-order valence-corrected chi connectivity index (χ2v) is 6.64. The maximum atomic E-state index is 6.24. The molecule has 4 nitrogen and oxygen atoms in total. The molecule has 2 rings (SSSR count). The summed E-state index contributed by atoms with van der Waals surface area (Å²) in [5.41, 5.74) is 0.983. The van der Waals surface area contributed by atoms with Gasteiger partial charge in [-0.3, -0.25) is 4.90 Å². The Bertz CT molecular complexity index is 466. The van der Waals surface area contributed by atoms with E-state index in [9.17, 15) is 0 Å². The third-order valence-corrected chi connectivity index (χ3v) is 4.83. The van der Waals surface area contributed by atoms with Crippen molar-refractivity contribution >= 4 is 27.5 Å². The van der Waals surface area contributed by atoms with Gasteiger partial charge in [-0.25, -0.2) is 9.97 Å². The summed E-state index contributed by atoms with van der Waals surface area (Å²) in [6, 6.07) is 0.210. The van der Waals surface area contributed by atoms with Crippen molar-refractivity contribution in [2.75, 3.05) is 33.7 Å². The van der Waals surface area contributed by atoms with Gasteiger partial charge in [-0.2, -0.15) is 0 Å². The molecule has 1 atom stereocenters. The highest BCUT2D eigenvalue weighted by atomic mass is 79.9. The van der Waals surface area contributed by atoms with Crippen LogP contribution < -0.4 is 0 Å². The molecule has 1 aliphatic rings. The average Bonchev–Trinajstić information content (AvgIpc) is 2.35. The van der Waals surface area contributed by atoms with Crippen LogP contribution in [0.3, 0.4) is 0 Å². The smallest absolute Gasteiger partial charge is 0.148 e. The number of piperazine rings is 1. The topological polar surface area (TPSA) is 32.3 Å². The molecule has 2 heterocycles. The van der Waals surface area contributed by atoms with E-state index in [0.717, 1.165) is 35.6 Å². The van der Waals surface area contributed by atoms with Crippen molar-refractivity contribution in [2.45, 2.75) is 25.8 Å². The molecule has 19 heavy (non-hydrogen) atoms. The quantitative estimate of drug-likeness (QED) is 0.770. The van der Waals surface area contributed by atoms with Gasteiger partial charge in [0.05, 0.1) is 16.2 Å². The van der Waals surface area contributed by atoms with E-state index in [4.69, 9.17) is 16.6 Å². The zero-order valence-electron chi connectivity index (χ0n) is 11.8. The fourth-order valence-corrected chi connectivity index (χ4v) is 3.09. The van der Waals surface area contributed by atoms with Gasteiger partial charge in [0, 0.05) is 19.6 Å². The zero-order chi connectivity index (χ0) is 14.2. The van der Waals surface area contributed by atoms with Crippen molar-refractivity contribution < 1.29 is 0 Å². The van der Waals surface area contributed by atoms with E-state index in [1.165, 1.54) is 0 Å². The fraction of sp³-hybridized carbons (Fsp3) is 0.692. The summed E-state index contributed by atoms with van der Waals surface area (Å²) in [5, 5.41) is 0.510. The summed E-state index contributed by atoms with van der Waals surface area (Å²) in [4.78, 5) is 13.8. The van der Waals surface area contributed by atoms with Crippen molar-refractivity contribution in [2.24, 2.45) is 0 Å². The minimum absolute atomic E-state index is 0.210. The van der Waals surface area contributed by atoms with Crippen molar-refractivity contribution in [3.63, 3.8) is 0 Å². The molecule has 0 saturated carbocycles. The summed E-state index contributed by atoms with van der Waals surface area (Å²) in [6.07, 6.45) is 0. The number of likely N-dealkylation sites (N-methyl/N-ethyl adjacent to an activating group) is 2. The molecule has 1 unspecified atom stereocenters. The van der Waals surface area contributed by atoms with Gasteiger partial charge in [-0.15, -0.1) is 0 Å². The zero-order valence-corrected chi connectivity index (χ0v) is 14.2. The predicted octanol–water partition coefficient (Wildman–Crippen LogP) is 2.93. The molecule has 0 aliphatic carbocycles. The van der Waals surface area contributed by atoms with Crippen LogP contribution in [0.2, 0.25) is 5.15 Å². The third kappa shape index (κ3) is 3.27. The summed E-state index contributed by atoms with van der Waals surface area (Å²) >= 11 is 9.72. The van der Waals surface area contributed by atoms with Crippen LogP contribution in [-0.4, -0.2) is 53.5 Å². The highest BCUT2D eigenvalue weighted by Gasteiger charge is 2.27. The van der Waals surface area contributed by atoms with Gasteiger partial charge in [0.1, 0.15) is 11.0 Å². The highest BCUT2D eigenvalue weighted by molar-refractivity contribution is 9.10. The van der Waals surface area contributed by atoms with Crippen LogP contribution in [0.15, 0.2) is 4.47 Å². The molecule has 0 bridgehead atoms. The van der Waals surface area contributed by atoms with Crippen LogP contribution in [-0.2, 0) is 0 Å². The first-order valence-electron chi connectivity index (χ1n) is 6.51. The lowest BCUT2D eigenvalue weighted by Gasteiger charge is -2.36. The molecule has 0 spiro atoms. The predicted molar refractivity (Wildman–Crippen MR) is 81.7 cm³/mol. The minimum atomic E-state index is 0.210. The lowest BCUT2D eigenvalue weighted by atomic mass is 10.1. The van der Waals surface area contributed by atoms with E-state index < -0.39 is 0 Å². The molecular weight excluding hydrogens is 328 g/mol. The molecule has 1 saturated heterocycles. The normalized spacial score (nSPS) is 22.2. The summed E-state index contributed by atoms with van der Waals surface area (Å²) in [7, 11) is 4.25. The average molecular weight is 348 g/mol. The van der Waals surface area contributed by atoms with E-state index in [1.807, 2.05) is 0 Å². The first-order valence-corrected chi connectivity index (χ1v) is 7.68. The van der Waals surface area contributed by atoms with Gasteiger partial charge in [-0.05, 0) is 35.9 Å². The molecule has 1 fully saturated rings. The Morgan fingerprint density at radius 1 is 1.26 bits per heavy atom. The molecule has 0 amide bonds. The van der Waals surface area contributed by atoms with Gasteiger partial charge >= 0.3 is 0 Å². The van der Waals surface area contributed by atoms with Crippen molar-refractivity contribution in [3.05, 3.63) is 21.1 Å². The molecule has 106 valence electrons. The monoisotopic (exact) mass is 346 g/mol. The molecule has 6 heteroatoms. The molecule has 1 aromatic rings. The highest BCUT2D eigenvalue weighted by Crippen LogP contribution is 2.31. The Morgan fingerprint density at radius 2 is 1.95 bits per heavy atom. The summed E-state index contributed by atoms with van der Waals surface area (Å²) in [6.45, 7) is 7.27. The van der Waals surface area contributed by atoms with Gasteiger partial charge in [0.15, 0.2) is 0 Å². The Kier molecular flexibility index (Phi) is 4.82. The molecule has 1 aliphatic heterocycles. The fourth-order valence-electron chi connectivity index (χ4n) is 2.27. The Labute approximate surface area is 128 Å². The van der Waals surface area contributed by atoms with Crippen LogP contribution >= 0.6 is 27.5 Å². The van der Waals surface area contributed by atoms with Crippen LogP contribution in [0.25, 0.3) is 0 Å². The van der Waals surface area contributed by atoms with E-state index >= 15 is 0 Å². The van der Waals surface area contributed by atoms with Crippen LogP contribution in [0.1, 0.15) is 37.3 Å². The first-order chi connectivity index (χ1) is 8.90. The minimum Gasteiger partial charge on any atom is -0.303 e. The van der Waals surface area contributed by atoms with Gasteiger partial charge < -0.3 is 4.90 Å². The van der Waals surface area contributed by atoms with Gasteiger partial charge in [0.2, 0.25) is 0 Å². The lowest BCUT2D eigenvalue weighted by Crippen LogP contribution is -2.45. The number of halogens is 2. The van der Waals surface area contributed by atoms with Crippen LogP contribution in [0.4, 0.5) is 0 Å². The third-order valence-electron chi connectivity index (χ3n) is 3.55. The first kappa shape index (κ1) is 15.2. The summed E-state index contributed by atoms with van der Waals surface area (Å²) in [5.74, 6) is 1.14. The van der Waals surface area contributed by atoms with Crippen molar-refractivity contribution in [1.29, 1.82) is 0 Å². The van der Waals surface area contributed by atoms with Gasteiger partial charge in [-0.1, -0.05) is 25.4 Å². The number of hydrogen-bond acceptors (Lipinski definition) is 4. The molecule has 0 radical (unpaired) electrons. The Balaban J connectivity index is 2.39. The van der Waals surface area contributed by atoms with Crippen LogP contribution in [0.5, 0.6) is 0 Å². The van der Waals surface area contributed by atoms with E-state index in [0.29, 0.717) is 11.1 Å². The van der Waals surface area contributed by atoms with E-state index in [-0.39, 0.29) is 6.04 Å². The van der Waals surface area contributed by atoms with E-state index in [2.05, 4.69) is 58.7 Å². The maximum Gasteiger partial charge on any atom is 0.148 e. The SMILES string of the molecule is CC(C)c1nc(C2CN(C)CCN2C)nc(Cl)c1Br. The molecule has 0 N–H and O–H groups in total. The van der Waals surface area contributed by atoms with Crippen molar-refractivity contribution in [1.82, 2.24) is 19.8 Å². The standard InChI is InChI=1S/C13H20BrClN4/c1-8(2)11-10(14)12(15)17-13(16-11)9-7-18(3)5-6-19(9)4/h8-9H,5-7H2,1-4H3. The molecule has 0 aromatic carbocycles. The van der Waals surface area contributed by atoms with Crippen LogP contribution in [0, 0.1) is 0 Å². The lowest BCUT2D eigenvalue weighted by molar-refractivity contribution is 0.109. The number of rotatable bonds is 2.